The molecule has 1 N–H and O–H groups in total. The second kappa shape index (κ2) is 6.12. The topological polar surface area (TPSA) is 49.8 Å². The van der Waals surface area contributed by atoms with Gasteiger partial charge in [-0.05, 0) is 31.0 Å². The quantitative estimate of drug-likeness (QED) is 0.862. The van der Waals surface area contributed by atoms with Gasteiger partial charge in [-0.25, -0.2) is 4.79 Å². The normalized spacial score (nSPS) is 18.4. The van der Waals surface area contributed by atoms with Crippen LogP contribution in [0.25, 0.3) is 0 Å². The minimum absolute atomic E-state index is 0.109. The van der Waals surface area contributed by atoms with Crippen molar-refractivity contribution >= 4 is 23.2 Å². The molecule has 1 aromatic rings. The van der Waals surface area contributed by atoms with Crippen LogP contribution in [0.4, 0.5) is 13.2 Å². The molecule has 0 saturated carbocycles. The van der Waals surface area contributed by atoms with Crippen molar-refractivity contribution in [3.8, 4) is 5.75 Å². The molecular weight excluding hydrogens is 319 g/mol. The van der Waals surface area contributed by atoms with Crippen LogP contribution in [-0.4, -0.2) is 40.7 Å². The summed E-state index contributed by atoms with van der Waals surface area (Å²) in [6, 6.07) is 2.71. The zero-order valence-electron chi connectivity index (χ0n) is 11.7. The van der Waals surface area contributed by atoms with Gasteiger partial charge < -0.3 is 14.7 Å². The van der Waals surface area contributed by atoms with Gasteiger partial charge in [0.2, 0.25) is 0 Å². The van der Waals surface area contributed by atoms with Gasteiger partial charge in [-0.3, -0.25) is 0 Å². The lowest BCUT2D eigenvalue weighted by Crippen LogP contribution is -2.39. The van der Waals surface area contributed by atoms with Crippen LogP contribution in [0.3, 0.4) is 0 Å². The van der Waals surface area contributed by atoms with Crippen molar-refractivity contribution in [1.82, 2.24) is 4.90 Å². The molecule has 1 fully saturated rings. The average Bonchev–Trinajstić information content (AvgIpc) is 2.94. The summed E-state index contributed by atoms with van der Waals surface area (Å²) >= 11 is 5.19. The fourth-order valence-corrected chi connectivity index (χ4v) is 2.84. The summed E-state index contributed by atoms with van der Waals surface area (Å²) in [7, 11) is 1.16. The summed E-state index contributed by atoms with van der Waals surface area (Å²) in [5.41, 5.74) is -0.766. The van der Waals surface area contributed by atoms with Crippen LogP contribution >= 0.6 is 12.2 Å². The summed E-state index contributed by atoms with van der Waals surface area (Å²) in [5, 5.41) is 9.14. The lowest BCUT2D eigenvalue weighted by atomic mass is 10.1. The van der Waals surface area contributed by atoms with Gasteiger partial charge in [-0.2, -0.15) is 13.2 Å². The highest BCUT2D eigenvalue weighted by molar-refractivity contribution is 7.80. The van der Waals surface area contributed by atoms with Gasteiger partial charge in [0, 0.05) is 12.1 Å². The van der Waals surface area contributed by atoms with Crippen molar-refractivity contribution in [2.75, 3.05) is 13.7 Å². The van der Waals surface area contributed by atoms with Crippen molar-refractivity contribution in [1.29, 1.82) is 0 Å². The molecule has 120 valence electrons. The third-order valence-electron chi connectivity index (χ3n) is 3.55. The Morgan fingerprint density at radius 1 is 1.45 bits per heavy atom. The fourth-order valence-electron chi connectivity index (χ4n) is 2.49. The van der Waals surface area contributed by atoms with Crippen molar-refractivity contribution in [2.24, 2.45) is 0 Å². The van der Waals surface area contributed by atoms with Crippen LogP contribution in [0.2, 0.25) is 0 Å². The number of hydrogen-bond acceptors (Lipinski definition) is 3. The molecule has 1 aromatic carbocycles. The molecule has 1 aliphatic rings. The Hall–Kier alpha value is -1.83. The molecule has 1 atom stereocenters. The standard InChI is InChI=1S/C14H14F3NO3S/c1-21-11-5-4-8(7-9(11)14(15,16)17)12(22)18-6-2-3-10(18)13(19)20/h4-5,7,10H,2-3,6H2,1H3,(H,19,20)/t10-/m1/s1. The van der Waals surface area contributed by atoms with E-state index in [1.54, 1.807) is 0 Å². The van der Waals surface area contributed by atoms with E-state index in [2.05, 4.69) is 0 Å². The van der Waals surface area contributed by atoms with Crippen molar-refractivity contribution < 1.29 is 27.8 Å². The van der Waals surface area contributed by atoms with E-state index in [0.29, 0.717) is 19.4 Å². The van der Waals surface area contributed by atoms with Crippen LogP contribution in [0.15, 0.2) is 18.2 Å². The molecule has 2 rings (SSSR count). The second-order valence-electron chi connectivity index (χ2n) is 4.91. The number of carboxylic acid groups (broad SMARTS) is 1. The van der Waals surface area contributed by atoms with E-state index in [1.165, 1.54) is 17.0 Å². The lowest BCUT2D eigenvalue weighted by Gasteiger charge is -2.25. The maximum Gasteiger partial charge on any atom is 0.419 e. The molecule has 0 aliphatic carbocycles. The molecule has 4 nitrogen and oxygen atoms in total. The molecule has 0 unspecified atom stereocenters. The number of ether oxygens (including phenoxy) is 1. The number of thiocarbonyl (C=S) groups is 1. The monoisotopic (exact) mass is 333 g/mol. The number of likely N-dealkylation sites (tertiary alicyclic amines) is 1. The Morgan fingerprint density at radius 3 is 2.68 bits per heavy atom. The zero-order chi connectivity index (χ0) is 16.5. The number of carboxylic acids is 1. The van der Waals surface area contributed by atoms with Crippen molar-refractivity contribution in [3.63, 3.8) is 0 Å². The number of alkyl halides is 3. The number of carbonyl (C=O) groups is 1. The highest BCUT2D eigenvalue weighted by atomic mass is 32.1. The highest BCUT2D eigenvalue weighted by Crippen LogP contribution is 2.37. The molecule has 0 aromatic heterocycles. The predicted octanol–water partition coefficient (Wildman–Crippen LogP) is 2.94. The van der Waals surface area contributed by atoms with Crippen LogP contribution < -0.4 is 4.74 Å². The van der Waals surface area contributed by atoms with Crippen molar-refractivity contribution in [3.05, 3.63) is 29.3 Å². The summed E-state index contributed by atoms with van der Waals surface area (Å²) < 4.78 is 43.8. The minimum atomic E-state index is -4.58. The van der Waals surface area contributed by atoms with Gasteiger partial charge >= 0.3 is 12.1 Å². The Bertz CT molecular complexity index is 603. The largest absolute Gasteiger partial charge is 0.496 e. The molecule has 22 heavy (non-hydrogen) atoms. The average molecular weight is 333 g/mol. The predicted molar refractivity (Wildman–Crippen MR) is 77.1 cm³/mol. The van der Waals surface area contributed by atoms with Crippen LogP contribution in [0, 0.1) is 0 Å². The molecule has 0 amide bonds. The first-order valence-electron chi connectivity index (χ1n) is 6.54. The number of aliphatic carboxylic acids is 1. The first-order chi connectivity index (χ1) is 10.3. The molecule has 0 spiro atoms. The van der Waals surface area contributed by atoms with Crippen LogP contribution in [0.5, 0.6) is 5.75 Å². The summed E-state index contributed by atoms with van der Waals surface area (Å²) in [5.74, 6) is -1.32. The Labute approximate surface area is 130 Å². The molecule has 0 radical (unpaired) electrons. The number of benzene rings is 1. The van der Waals surface area contributed by atoms with E-state index >= 15 is 0 Å². The maximum absolute atomic E-state index is 13.0. The molecule has 8 heteroatoms. The summed E-state index contributed by atoms with van der Waals surface area (Å²) in [6.07, 6.45) is -3.51. The third-order valence-corrected chi connectivity index (χ3v) is 4.02. The minimum Gasteiger partial charge on any atom is -0.496 e. The van der Waals surface area contributed by atoms with E-state index in [-0.39, 0.29) is 16.3 Å². The Kier molecular flexibility index (Phi) is 4.60. The lowest BCUT2D eigenvalue weighted by molar-refractivity contribution is -0.141. The molecule has 0 bridgehead atoms. The number of methoxy groups -OCH3 is 1. The van der Waals surface area contributed by atoms with Crippen LogP contribution in [-0.2, 0) is 11.0 Å². The van der Waals surface area contributed by atoms with Crippen LogP contribution in [0.1, 0.15) is 24.0 Å². The maximum atomic E-state index is 13.0. The number of halogens is 3. The molecule has 1 aliphatic heterocycles. The molecular formula is C14H14F3NO3S. The van der Waals surface area contributed by atoms with Gasteiger partial charge in [0.15, 0.2) is 0 Å². The first-order valence-corrected chi connectivity index (χ1v) is 6.95. The SMILES string of the molecule is COc1ccc(C(=S)N2CCC[C@@H]2C(=O)O)cc1C(F)(F)F. The second-order valence-corrected chi connectivity index (χ2v) is 5.29. The smallest absolute Gasteiger partial charge is 0.419 e. The van der Waals surface area contributed by atoms with E-state index in [4.69, 9.17) is 22.1 Å². The van der Waals surface area contributed by atoms with Gasteiger partial charge in [0.05, 0.1) is 12.7 Å². The van der Waals surface area contributed by atoms with E-state index in [1.807, 2.05) is 0 Å². The highest BCUT2D eigenvalue weighted by Gasteiger charge is 2.36. The Morgan fingerprint density at radius 2 is 2.14 bits per heavy atom. The summed E-state index contributed by atoms with van der Waals surface area (Å²) in [4.78, 5) is 12.7. The van der Waals surface area contributed by atoms with E-state index in [9.17, 15) is 18.0 Å². The Balaban J connectivity index is 2.37. The first kappa shape index (κ1) is 16.5. The van der Waals surface area contributed by atoms with E-state index in [0.717, 1.165) is 13.2 Å². The fraction of sp³-hybridized carbons (Fsp3) is 0.429. The van der Waals surface area contributed by atoms with Gasteiger partial charge in [-0.15, -0.1) is 0 Å². The third kappa shape index (κ3) is 3.16. The van der Waals surface area contributed by atoms with Gasteiger partial charge in [-0.1, -0.05) is 12.2 Å². The summed E-state index contributed by atoms with van der Waals surface area (Å²) in [6.45, 7) is 0.420. The van der Waals surface area contributed by atoms with Crippen molar-refractivity contribution in [2.45, 2.75) is 25.1 Å². The number of hydrogen-bond donors (Lipinski definition) is 1. The van der Waals surface area contributed by atoms with Gasteiger partial charge in [0.1, 0.15) is 16.8 Å². The molecule has 1 heterocycles. The molecule has 1 saturated heterocycles. The number of nitrogens with zero attached hydrogens (tertiary/aromatic N) is 1. The van der Waals surface area contributed by atoms with Gasteiger partial charge in [0.25, 0.3) is 0 Å². The number of rotatable bonds is 3. The zero-order valence-corrected chi connectivity index (χ0v) is 12.5. The van der Waals surface area contributed by atoms with E-state index < -0.39 is 23.8 Å².